The highest BCUT2D eigenvalue weighted by atomic mass is 35.5. The van der Waals surface area contributed by atoms with Crippen LogP contribution in [0.15, 0.2) is 18.3 Å². The summed E-state index contributed by atoms with van der Waals surface area (Å²) in [6.45, 7) is 1.71. The average molecular weight is 315 g/mol. The van der Waals surface area contributed by atoms with Crippen LogP contribution in [-0.2, 0) is 6.42 Å². The maximum Gasteiger partial charge on any atom is 0.272 e. The van der Waals surface area contributed by atoms with Crippen LogP contribution >= 0.6 is 23.2 Å². The van der Waals surface area contributed by atoms with Crippen molar-refractivity contribution in [1.29, 1.82) is 0 Å². The van der Waals surface area contributed by atoms with E-state index in [4.69, 9.17) is 23.2 Å². The molecule has 1 amide bonds. The standard InChI is InChI=1S/C15H20Cl2N2O/c16-10-13(17)6-4-12-5-7-14(18-11-12)15(20)19-8-2-1-3-9-19/h5,7,11,13H,1-4,6,8-10H2. The van der Waals surface area contributed by atoms with Crippen LogP contribution in [0, 0.1) is 0 Å². The third-order valence-corrected chi connectivity index (χ3v) is 4.50. The van der Waals surface area contributed by atoms with Gasteiger partial charge in [0.05, 0.1) is 0 Å². The Balaban J connectivity index is 1.91. The quantitative estimate of drug-likeness (QED) is 0.779. The van der Waals surface area contributed by atoms with Crippen molar-refractivity contribution in [2.45, 2.75) is 37.5 Å². The van der Waals surface area contributed by atoms with Gasteiger partial charge in [-0.1, -0.05) is 6.07 Å². The molecule has 20 heavy (non-hydrogen) atoms. The molecule has 0 saturated carbocycles. The molecule has 1 fully saturated rings. The minimum absolute atomic E-state index is 0.00803. The average Bonchev–Trinajstić information content (AvgIpc) is 2.53. The second kappa shape index (κ2) is 7.84. The normalized spacial score (nSPS) is 17.0. The predicted molar refractivity (Wildman–Crippen MR) is 82.7 cm³/mol. The van der Waals surface area contributed by atoms with E-state index < -0.39 is 0 Å². The van der Waals surface area contributed by atoms with Gasteiger partial charge >= 0.3 is 0 Å². The summed E-state index contributed by atoms with van der Waals surface area (Å²) >= 11 is 11.7. The topological polar surface area (TPSA) is 33.2 Å². The molecule has 0 spiro atoms. The SMILES string of the molecule is O=C(c1ccc(CCC(Cl)CCl)cn1)N1CCCCC1. The molecular formula is C15H20Cl2N2O. The molecule has 1 aromatic heterocycles. The Morgan fingerprint density at radius 3 is 2.65 bits per heavy atom. The number of rotatable bonds is 5. The maximum atomic E-state index is 12.2. The largest absolute Gasteiger partial charge is 0.337 e. The molecule has 2 heterocycles. The highest BCUT2D eigenvalue weighted by molar-refractivity contribution is 6.28. The summed E-state index contributed by atoms with van der Waals surface area (Å²) in [6, 6.07) is 3.78. The van der Waals surface area contributed by atoms with Crippen LogP contribution in [0.1, 0.15) is 41.7 Å². The number of hydrogen-bond donors (Lipinski definition) is 0. The Kier molecular flexibility index (Phi) is 6.11. The Morgan fingerprint density at radius 1 is 1.30 bits per heavy atom. The Bertz CT molecular complexity index is 430. The van der Waals surface area contributed by atoms with E-state index in [1.54, 1.807) is 6.20 Å². The zero-order chi connectivity index (χ0) is 14.4. The fraction of sp³-hybridized carbons (Fsp3) is 0.600. The van der Waals surface area contributed by atoms with Crippen molar-refractivity contribution >= 4 is 29.1 Å². The van der Waals surface area contributed by atoms with Crippen molar-refractivity contribution in [2.75, 3.05) is 19.0 Å². The fourth-order valence-electron chi connectivity index (χ4n) is 2.36. The summed E-state index contributed by atoms with van der Waals surface area (Å²) in [7, 11) is 0. The third kappa shape index (κ3) is 4.35. The van der Waals surface area contributed by atoms with Crippen LogP contribution in [0.25, 0.3) is 0 Å². The number of likely N-dealkylation sites (tertiary alicyclic amines) is 1. The molecule has 1 saturated heterocycles. The molecule has 0 radical (unpaired) electrons. The Labute approximate surface area is 130 Å². The molecule has 0 aromatic carbocycles. The highest BCUT2D eigenvalue weighted by Crippen LogP contribution is 2.14. The molecule has 1 aliphatic heterocycles. The van der Waals surface area contributed by atoms with E-state index in [1.807, 2.05) is 17.0 Å². The number of hydrogen-bond acceptors (Lipinski definition) is 2. The fourth-order valence-corrected chi connectivity index (χ4v) is 2.62. The highest BCUT2D eigenvalue weighted by Gasteiger charge is 2.18. The second-order valence-electron chi connectivity index (χ2n) is 5.19. The van der Waals surface area contributed by atoms with Gasteiger partial charge in [-0.15, -0.1) is 23.2 Å². The molecule has 5 heteroatoms. The minimum Gasteiger partial charge on any atom is -0.337 e. The number of pyridine rings is 1. The first-order chi connectivity index (χ1) is 9.70. The minimum atomic E-state index is -0.00803. The molecule has 2 rings (SSSR count). The zero-order valence-electron chi connectivity index (χ0n) is 11.5. The van der Waals surface area contributed by atoms with Crippen LogP contribution < -0.4 is 0 Å². The van der Waals surface area contributed by atoms with E-state index in [0.717, 1.165) is 44.3 Å². The lowest BCUT2D eigenvalue weighted by molar-refractivity contribution is 0.0718. The molecule has 1 aliphatic rings. The number of amides is 1. The van der Waals surface area contributed by atoms with Crippen LogP contribution in [0.2, 0.25) is 0 Å². The van der Waals surface area contributed by atoms with Crippen molar-refractivity contribution in [2.24, 2.45) is 0 Å². The zero-order valence-corrected chi connectivity index (χ0v) is 13.0. The number of alkyl halides is 2. The number of aryl methyl sites for hydroxylation is 1. The van der Waals surface area contributed by atoms with Gasteiger partial charge < -0.3 is 4.90 Å². The van der Waals surface area contributed by atoms with Gasteiger partial charge in [-0.25, -0.2) is 0 Å². The Hall–Kier alpha value is -0.800. The molecule has 110 valence electrons. The van der Waals surface area contributed by atoms with E-state index in [9.17, 15) is 4.79 Å². The van der Waals surface area contributed by atoms with Crippen LogP contribution in [-0.4, -0.2) is 40.1 Å². The first-order valence-corrected chi connectivity index (χ1v) is 8.12. The first-order valence-electron chi connectivity index (χ1n) is 7.15. The third-order valence-electron chi connectivity index (χ3n) is 3.60. The van der Waals surface area contributed by atoms with Crippen molar-refractivity contribution in [3.8, 4) is 0 Å². The van der Waals surface area contributed by atoms with E-state index in [1.165, 1.54) is 6.42 Å². The number of carbonyl (C=O) groups excluding carboxylic acids is 1. The van der Waals surface area contributed by atoms with E-state index in [2.05, 4.69) is 4.98 Å². The van der Waals surface area contributed by atoms with Crippen LogP contribution in [0.3, 0.4) is 0 Å². The van der Waals surface area contributed by atoms with Gasteiger partial charge in [0, 0.05) is 30.5 Å². The van der Waals surface area contributed by atoms with Gasteiger partial charge in [0.15, 0.2) is 0 Å². The molecular weight excluding hydrogens is 295 g/mol. The van der Waals surface area contributed by atoms with E-state index in [0.29, 0.717) is 11.6 Å². The number of carbonyl (C=O) groups is 1. The maximum absolute atomic E-state index is 12.2. The molecule has 0 N–H and O–H groups in total. The molecule has 3 nitrogen and oxygen atoms in total. The molecule has 0 aliphatic carbocycles. The van der Waals surface area contributed by atoms with Crippen molar-refractivity contribution in [3.63, 3.8) is 0 Å². The summed E-state index contributed by atoms with van der Waals surface area (Å²) in [4.78, 5) is 18.4. The summed E-state index contributed by atoms with van der Waals surface area (Å²) in [5.74, 6) is 0.507. The number of nitrogens with zero attached hydrogens (tertiary/aromatic N) is 2. The summed E-state index contributed by atoms with van der Waals surface area (Å²) in [5, 5.41) is -0.00803. The van der Waals surface area contributed by atoms with Gasteiger partial charge in [0.1, 0.15) is 5.69 Å². The number of aromatic nitrogens is 1. The number of halogens is 2. The molecule has 1 unspecified atom stereocenters. The smallest absolute Gasteiger partial charge is 0.272 e. The van der Waals surface area contributed by atoms with Gasteiger partial charge in [0.25, 0.3) is 5.91 Å². The van der Waals surface area contributed by atoms with Crippen molar-refractivity contribution in [1.82, 2.24) is 9.88 Å². The molecule has 1 aromatic rings. The first kappa shape index (κ1) is 15.6. The molecule has 0 bridgehead atoms. The van der Waals surface area contributed by atoms with Crippen molar-refractivity contribution in [3.05, 3.63) is 29.6 Å². The van der Waals surface area contributed by atoms with Gasteiger partial charge in [-0.3, -0.25) is 9.78 Å². The van der Waals surface area contributed by atoms with Crippen molar-refractivity contribution < 1.29 is 4.79 Å². The van der Waals surface area contributed by atoms with Crippen LogP contribution in [0.5, 0.6) is 0 Å². The van der Waals surface area contributed by atoms with Gasteiger partial charge in [0.2, 0.25) is 0 Å². The Morgan fingerprint density at radius 2 is 2.05 bits per heavy atom. The lowest BCUT2D eigenvalue weighted by Crippen LogP contribution is -2.36. The number of piperidine rings is 1. The van der Waals surface area contributed by atoms with Gasteiger partial charge in [-0.2, -0.15) is 0 Å². The predicted octanol–water partition coefficient (Wildman–Crippen LogP) is 3.49. The summed E-state index contributed by atoms with van der Waals surface area (Å²) in [5.41, 5.74) is 1.63. The van der Waals surface area contributed by atoms with E-state index >= 15 is 0 Å². The lowest BCUT2D eigenvalue weighted by atomic mass is 10.1. The monoisotopic (exact) mass is 314 g/mol. The van der Waals surface area contributed by atoms with Crippen LogP contribution in [0.4, 0.5) is 0 Å². The van der Waals surface area contributed by atoms with E-state index in [-0.39, 0.29) is 11.3 Å². The molecule has 1 atom stereocenters. The lowest BCUT2D eigenvalue weighted by Gasteiger charge is -2.26. The summed E-state index contributed by atoms with van der Waals surface area (Å²) in [6.07, 6.45) is 6.85. The second-order valence-corrected chi connectivity index (χ2v) is 6.12. The van der Waals surface area contributed by atoms with Gasteiger partial charge in [-0.05, 0) is 43.7 Å². The summed E-state index contributed by atoms with van der Waals surface area (Å²) < 4.78 is 0.